The van der Waals surface area contributed by atoms with Crippen LogP contribution in [0, 0.1) is 26.1 Å². The van der Waals surface area contributed by atoms with Crippen molar-refractivity contribution in [1.82, 2.24) is 9.80 Å². The van der Waals surface area contributed by atoms with E-state index in [4.69, 9.17) is 9.47 Å². The van der Waals surface area contributed by atoms with Crippen molar-refractivity contribution in [2.24, 2.45) is 5.92 Å². The molecule has 0 aromatic heterocycles. The Morgan fingerprint density at radius 2 is 1.39 bits per heavy atom. The van der Waals surface area contributed by atoms with Crippen LogP contribution in [0.3, 0.4) is 0 Å². The van der Waals surface area contributed by atoms with Crippen LogP contribution in [0.2, 0.25) is 0 Å². The van der Waals surface area contributed by atoms with E-state index in [2.05, 4.69) is 0 Å². The Hall–Kier alpha value is -4.24. The molecule has 15 heteroatoms. The first-order valence-electron chi connectivity index (χ1n) is 12.7. The van der Waals surface area contributed by atoms with Gasteiger partial charge in [-0.25, -0.2) is 9.59 Å². The molecule has 2 saturated heterocycles. The number of non-ortho nitro benzene ring substituents is 2. The van der Waals surface area contributed by atoms with Gasteiger partial charge in [0.2, 0.25) is 0 Å². The lowest BCUT2D eigenvalue weighted by molar-refractivity contribution is -0.385. The van der Waals surface area contributed by atoms with Gasteiger partial charge in [-0.1, -0.05) is 11.8 Å². The predicted octanol–water partition coefficient (Wildman–Crippen LogP) is 3.49. The maximum absolute atomic E-state index is 13.0. The highest BCUT2D eigenvalue weighted by Gasteiger charge is 2.47. The summed E-state index contributed by atoms with van der Waals surface area (Å²) in [4.78, 5) is 60.5. The maximum atomic E-state index is 13.0. The molecule has 4 rings (SSSR count). The van der Waals surface area contributed by atoms with Gasteiger partial charge in [0.05, 0.1) is 22.0 Å². The van der Waals surface area contributed by atoms with Gasteiger partial charge in [0, 0.05) is 62.0 Å². The second-order valence-electron chi connectivity index (χ2n) is 9.80. The Labute approximate surface area is 238 Å². The molecule has 0 radical (unpaired) electrons. The normalized spacial score (nSPS) is 19.3. The second-order valence-corrected chi connectivity index (χ2v) is 11.3. The summed E-state index contributed by atoms with van der Waals surface area (Å²) < 4.78 is 10.7. The first-order chi connectivity index (χ1) is 19.5. The average Bonchev–Trinajstić information content (AvgIpc) is 3.33. The molecule has 0 saturated carbocycles. The zero-order chi connectivity index (χ0) is 29.7. The number of aliphatic hydroxyl groups is 1. The third kappa shape index (κ3) is 7.49. The summed E-state index contributed by atoms with van der Waals surface area (Å²) in [5.41, 5.74) is 0.983. The summed E-state index contributed by atoms with van der Waals surface area (Å²) in [6.45, 7) is 1.83. The fourth-order valence-corrected chi connectivity index (χ4v) is 5.76. The summed E-state index contributed by atoms with van der Waals surface area (Å²) in [5.74, 6) is -0.335. The van der Waals surface area contributed by atoms with Crippen LogP contribution in [0.25, 0.3) is 0 Å². The van der Waals surface area contributed by atoms with Crippen LogP contribution in [-0.2, 0) is 27.5 Å². The Kier molecular flexibility index (Phi) is 9.39. The van der Waals surface area contributed by atoms with Gasteiger partial charge in [-0.3, -0.25) is 25.0 Å². The van der Waals surface area contributed by atoms with Gasteiger partial charge in [0.25, 0.3) is 11.4 Å². The highest BCUT2D eigenvalue weighted by Crippen LogP contribution is 2.34. The molecule has 0 spiro atoms. The van der Waals surface area contributed by atoms with Gasteiger partial charge < -0.3 is 24.4 Å². The number of nitro benzene ring substituents is 2. The summed E-state index contributed by atoms with van der Waals surface area (Å²) in [7, 11) is 0. The van der Waals surface area contributed by atoms with Crippen molar-refractivity contribution in [2.45, 2.75) is 44.0 Å². The lowest BCUT2D eigenvalue weighted by atomic mass is 9.88. The van der Waals surface area contributed by atoms with Crippen molar-refractivity contribution in [3.05, 3.63) is 79.9 Å². The van der Waals surface area contributed by atoms with Crippen LogP contribution in [-0.4, -0.2) is 79.1 Å². The topological polar surface area (TPSA) is 183 Å². The monoisotopic (exact) mass is 588 g/mol. The zero-order valence-corrected chi connectivity index (χ0v) is 22.8. The van der Waals surface area contributed by atoms with Crippen LogP contribution in [0.1, 0.15) is 24.5 Å². The SMILES string of the molecule is CC(=O)S[C@H]1C[C@@H](C(O)C2CN(C(=O)OCc3ccc([N+](=O)[O-])cc3)C2)N(C(=O)OCc2ccc([N+](=O)[O-])cc2)C1. The van der Waals surface area contributed by atoms with Crippen LogP contribution in [0.15, 0.2) is 48.5 Å². The molecule has 2 aliphatic rings. The van der Waals surface area contributed by atoms with Crippen LogP contribution in [0.5, 0.6) is 0 Å². The molecule has 14 nitrogen and oxygen atoms in total. The maximum Gasteiger partial charge on any atom is 0.410 e. The number of rotatable bonds is 9. The molecule has 2 aliphatic heterocycles. The van der Waals surface area contributed by atoms with E-state index in [1.165, 1.54) is 65.3 Å². The lowest BCUT2D eigenvalue weighted by Crippen LogP contribution is -2.59. The van der Waals surface area contributed by atoms with Crippen molar-refractivity contribution < 1.29 is 38.8 Å². The molecule has 2 amide bonds. The molecule has 0 bridgehead atoms. The fourth-order valence-electron chi connectivity index (χ4n) is 4.76. The number of nitro groups is 2. The van der Waals surface area contributed by atoms with Gasteiger partial charge in [0.1, 0.15) is 13.2 Å². The Morgan fingerprint density at radius 3 is 1.85 bits per heavy atom. The standard InChI is InChI=1S/C26H28N4O10S/c1-16(31)41-22-10-23(28(13-22)26(34)40-15-18-4-8-21(9-5-18)30(37)38)24(32)19-11-27(12-19)25(33)39-14-17-2-6-20(7-3-17)29(35)36/h2-9,19,22-24,32H,10-15H2,1H3/t22-,23-,24?/m0/s1. The summed E-state index contributed by atoms with van der Waals surface area (Å²) >= 11 is 1.09. The van der Waals surface area contributed by atoms with Gasteiger partial charge in [-0.15, -0.1) is 0 Å². The van der Waals surface area contributed by atoms with Crippen molar-refractivity contribution in [1.29, 1.82) is 0 Å². The zero-order valence-electron chi connectivity index (χ0n) is 22.0. The summed E-state index contributed by atoms with van der Waals surface area (Å²) in [6.07, 6.45) is -1.90. The molecule has 2 heterocycles. The minimum atomic E-state index is -0.988. The molecule has 218 valence electrons. The van der Waals surface area contributed by atoms with Crippen molar-refractivity contribution in [3.63, 3.8) is 0 Å². The lowest BCUT2D eigenvalue weighted by Gasteiger charge is -2.43. The number of nitrogens with zero attached hydrogens (tertiary/aromatic N) is 4. The molecule has 2 aromatic rings. The number of carbonyl (C=O) groups excluding carboxylic acids is 3. The molecule has 41 heavy (non-hydrogen) atoms. The van der Waals surface area contributed by atoms with E-state index in [0.29, 0.717) is 17.5 Å². The average molecular weight is 589 g/mol. The minimum absolute atomic E-state index is 0.0680. The van der Waals surface area contributed by atoms with Gasteiger partial charge in [-0.2, -0.15) is 0 Å². The van der Waals surface area contributed by atoms with Crippen LogP contribution in [0.4, 0.5) is 21.0 Å². The van der Waals surface area contributed by atoms with Crippen molar-refractivity contribution in [3.8, 4) is 0 Å². The van der Waals surface area contributed by atoms with E-state index in [0.717, 1.165) is 11.8 Å². The quantitative estimate of drug-likeness (QED) is 0.334. The molecule has 3 atom stereocenters. The van der Waals surface area contributed by atoms with E-state index in [-0.39, 0.29) is 60.5 Å². The number of aliphatic hydroxyl groups excluding tert-OH is 1. The number of benzene rings is 2. The largest absolute Gasteiger partial charge is 0.445 e. The molecule has 1 N–H and O–H groups in total. The first kappa shape index (κ1) is 29.7. The Balaban J connectivity index is 1.30. The van der Waals surface area contributed by atoms with Gasteiger partial charge in [0.15, 0.2) is 5.12 Å². The molecule has 0 aliphatic carbocycles. The molecular formula is C26H28N4O10S. The third-order valence-corrected chi connectivity index (χ3v) is 7.94. The van der Waals surface area contributed by atoms with Gasteiger partial charge >= 0.3 is 12.2 Å². The van der Waals surface area contributed by atoms with Crippen molar-refractivity contribution in [2.75, 3.05) is 19.6 Å². The van der Waals surface area contributed by atoms with E-state index in [1.807, 2.05) is 0 Å². The van der Waals surface area contributed by atoms with E-state index in [9.17, 15) is 39.7 Å². The predicted molar refractivity (Wildman–Crippen MR) is 145 cm³/mol. The number of carbonyl (C=O) groups is 3. The second kappa shape index (κ2) is 13.0. The summed E-state index contributed by atoms with van der Waals surface area (Å²) in [6, 6.07) is 10.6. The molecule has 2 fully saturated rings. The van der Waals surface area contributed by atoms with Crippen molar-refractivity contribution >= 4 is 40.4 Å². The number of ether oxygens (including phenoxy) is 2. The van der Waals surface area contributed by atoms with E-state index >= 15 is 0 Å². The summed E-state index contributed by atoms with van der Waals surface area (Å²) in [5, 5.41) is 32.4. The number of likely N-dealkylation sites (tertiary alicyclic amines) is 2. The number of hydrogen-bond donors (Lipinski definition) is 1. The van der Waals surface area contributed by atoms with Crippen LogP contribution < -0.4 is 0 Å². The number of thioether (sulfide) groups is 1. The molecule has 1 unspecified atom stereocenters. The Morgan fingerprint density at radius 1 is 0.902 bits per heavy atom. The van der Waals surface area contributed by atoms with E-state index in [1.54, 1.807) is 0 Å². The number of hydrogen-bond acceptors (Lipinski definition) is 11. The fraction of sp³-hybridized carbons (Fsp3) is 0.423. The highest BCUT2D eigenvalue weighted by molar-refractivity contribution is 8.14. The third-order valence-electron chi connectivity index (χ3n) is 6.94. The minimum Gasteiger partial charge on any atom is -0.445 e. The molecule has 2 aromatic carbocycles. The Bertz CT molecular complexity index is 1300. The van der Waals surface area contributed by atoms with E-state index < -0.39 is 34.2 Å². The number of amides is 2. The smallest absolute Gasteiger partial charge is 0.410 e. The van der Waals surface area contributed by atoms with Gasteiger partial charge in [-0.05, 0) is 41.8 Å². The van der Waals surface area contributed by atoms with Crippen LogP contribution >= 0.6 is 11.8 Å². The molecular weight excluding hydrogens is 560 g/mol. The first-order valence-corrected chi connectivity index (χ1v) is 13.6. The highest BCUT2D eigenvalue weighted by atomic mass is 32.2.